The van der Waals surface area contributed by atoms with Gasteiger partial charge in [0.2, 0.25) is 0 Å². The summed E-state index contributed by atoms with van der Waals surface area (Å²) < 4.78 is 0. The minimum atomic E-state index is -0.157. The highest BCUT2D eigenvalue weighted by atomic mass is 15.2. The van der Waals surface area contributed by atoms with Crippen molar-refractivity contribution in [1.82, 2.24) is 0 Å². The van der Waals surface area contributed by atoms with Gasteiger partial charge in [0.05, 0.1) is 0 Å². The fraction of sp³-hybridized carbons (Fsp3) is 0.247. The van der Waals surface area contributed by atoms with Crippen LogP contribution in [0.3, 0.4) is 0 Å². The maximum atomic E-state index is 2.69. The minimum Gasteiger partial charge on any atom is -0.311 e. The van der Waals surface area contributed by atoms with Crippen molar-refractivity contribution < 1.29 is 0 Å². The lowest BCUT2D eigenvalue weighted by Crippen LogP contribution is -2.61. The Morgan fingerprint density at radius 2 is 0.738 bits per heavy atom. The highest BCUT2D eigenvalue weighted by Gasteiger charge is 2.45. The molecule has 3 aliphatic rings. The Morgan fingerprint density at radius 1 is 0.325 bits per heavy atom. The van der Waals surface area contributed by atoms with E-state index in [0.717, 1.165) is 0 Å². The van der Waals surface area contributed by atoms with E-state index in [9.17, 15) is 0 Å². The molecule has 0 aromatic heterocycles. The molecule has 0 bridgehead atoms. The molecule has 14 rings (SSSR count). The highest BCUT2D eigenvalue weighted by molar-refractivity contribution is 7.00. The highest BCUT2D eigenvalue weighted by Crippen LogP contribution is 2.53. The Labute approximate surface area is 475 Å². The predicted molar refractivity (Wildman–Crippen MR) is 348 cm³/mol. The van der Waals surface area contributed by atoms with Crippen LogP contribution in [-0.2, 0) is 27.1 Å². The molecule has 1 aliphatic carbocycles. The molecular weight excluding hydrogens is 964 g/mol. The Balaban J connectivity index is 1.17. The maximum absolute atomic E-state index is 2.69. The lowest BCUT2D eigenvalue weighted by Gasteiger charge is -2.45. The lowest BCUT2D eigenvalue weighted by atomic mass is 9.33. The van der Waals surface area contributed by atoms with E-state index in [1.165, 1.54) is 149 Å². The quantitative estimate of drug-likeness (QED) is 0.129. The van der Waals surface area contributed by atoms with Crippen LogP contribution in [0.2, 0.25) is 0 Å². The Hall–Kier alpha value is -7.88. The van der Waals surface area contributed by atoms with Gasteiger partial charge in [-0.25, -0.2) is 0 Å². The predicted octanol–water partition coefficient (Wildman–Crippen LogP) is 19.5. The normalized spacial score (nSPS) is 14.7. The molecule has 80 heavy (non-hydrogen) atoms. The second-order valence-electron chi connectivity index (χ2n) is 28.3. The molecule has 0 amide bonds. The van der Waals surface area contributed by atoms with Crippen LogP contribution in [-0.4, -0.2) is 6.71 Å². The molecule has 3 heteroatoms. The smallest absolute Gasteiger partial charge is 0.252 e. The van der Waals surface area contributed by atoms with Crippen LogP contribution >= 0.6 is 0 Å². The van der Waals surface area contributed by atoms with Gasteiger partial charge in [0.15, 0.2) is 0 Å². The summed E-state index contributed by atoms with van der Waals surface area (Å²) in [6.07, 6.45) is 0. The molecule has 2 aliphatic heterocycles. The molecule has 0 saturated heterocycles. The summed E-state index contributed by atoms with van der Waals surface area (Å²) in [7, 11) is 0. The number of benzene rings is 11. The molecule has 0 fully saturated rings. The summed E-state index contributed by atoms with van der Waals surface area (Å²) in [4.78, 5) is 5.37. The number of nitrogens with zero attached hydrogens (tertiary/aromatic N) is 2. The Kier molecular flexibility index (Phi) is 10.7. The summed E-state index contributed by atoms with van der Waals surface area (Å²) in [6, 6.07) is 74.0. The first-order chi connectivity index (χ1) is 37.9. The van der Waals surface area contributed by atoms with E-state index in [4.69, 9.17) is 0 Å². The molecule has 11 aromatic rings. The zero-order valence-electron chi connectivity index (χ0n) is 49.4. The number of rotatable bonds is 3. The lowest BCUT2D eigenvalue weighted by molar-refractivity contribution is 0.568. The molecule has 0 saturated carbocycles. The van der Waals surface area contributed by atoms with Gasteiger partial charge in [-0.2, -0.15) is 0 Å². The minimum absolute atomic E-state index is 0.0993. The fourth-order valence-corrected chi connectivity index (χ4v) is 13.8. The van der Waals surface area contributed by atoms with Crippen molar-refractivity contribution in [2.24, 2.45) is 0 Å². The third-order valence-corrected chi connectivity index (χ3v) is 18.5. The fourth-order valence-electron chi connectivity index (χ4n) is 13.8. The van der Waals surface area contributed by atoms with E-state index in [2.05, 4.69) is 295 Å². The third-order valence-electron chi connectivity index (χ3n) is 18.5. The van der Waals surface area contributed by atoms with Crippen LogP contribution in [0, 0.1) is 0 Å². The molecule has 0 spiro atoms. The summed E-state index contributed by atoms with van der Waals surface area (Å²) >= 11 is 0. The SMILES string of the molecule is CC(C)(C)c1cc(N2c3cc4ccc5ccccc5c4cc3B3c4cc5c(ccc6ccccc65)cc4N(c4cc(C(C)(C)C)cc(C(C)(C)C)c4)c4cc(-c5ccc6c(c5)C(C)(C)c5ccccc5-6)cc2c43)cc(C(C)(C)C)c1. The monoisotopic (exact) mass is 1040 g/mol. The second kappa shape index (κ2) is 17.1. The molecular formula is C77H73BN2. The molecule has 0 unspecified atom stereocenters. The Morgan fingerprint density at radius 3 is 1.20 bits per heavy atom. The standard InChI is InChI=1S/C77H73BN2/c1-73(2,3)52-38-53(74(4,5)6)41-56(40-52)79-68-34-49-29-27-46-21-15-17-23-58(46)62(49)44-66(68)78-67-45-63-50(30-28-47-22-16-18-24-59(47)63)35-69(67)80(57-42-54(75(7,8)9)39-55(43-57)76(10,11)12)71-37-51(36-70(79)72(71)78)48-31-32-61-60-25-19-20-26-64(60)77(13,14)65(61)33-48/h15-45H,1-14H3. The average molecular weight is 1040 g/mol. The number of hydrogen-bond acceptors (Lipinski definition) is 2. The first-order valence-corrected chi connectivity index (χ1v) is 29.2. The van der Waals surface area contributed by atoms with E-state index in [1.807, 2.05) is 0 Å². The topological polar surface area (TPSA) is 6.48 Å². The first kappa shape index (κ1) is 50.4. The van der Waals surface area contributed by atoms with Crippen molar-refractivity contribution in [3.05, 3.63) is 221 Å². The zero-order chi connectivity index (χ0) is 55.7. The van der Waals surface area contributed by atoms with Crippen LogP contribution in [0.1, 0.15) is 130 Å². The van der Waals surface area contributed by atoms with Crippen molar-refractivity contribution in [1.29, 1.82) is 0 Å². The van der Waals surface area contributed by atoms with Gasteiger partial charge < -0.3 is 9.80 Å². The van der Waals surface area contributed by atoms with Gasteiger partial charge in [0.25, 0.3) is 6.71 Å². The summed E-state index contributed by atoms with van der Waals surface area (Å²) in [5, 5.41) is 10.1. The van der Waals surface area contributed by atoms with Gasteiger partial charge in [0, 0.05) is 39.5 Å². The van der Waals surface area contributed by atoms with Gasteiger partial charge in [-0.3, -0.25) is 0 Å². The van der Waals surface area contributed by atoms with Gasteiger partial charge >= 0.3 is 0 Å². The van der Waals surface area contributed by atoms with E-state index >= 15 is 0 Å². The van der Waals surface area contributed by atoms with Crippen LogP contribution in [0.4, 0.5) is 34.1 Å². The van der Waals surface area contributed by atoms with E-state index < -0.39 is 0 Å². The molecule has 394 valence electrons. The van der Waals surface area contributed by atoms with Crippen LogP contribution in [0.25, 0.3) is 65.3 Å². The Bertz CT molecular complexity index is 4150. The van der Waals surface area contributed by atoms with Crippen molar-refractivity contribution in [2.75, 3.05) is 9.80 Å². The van der Waals surface area contributed by atoms with Crippen molar-refractivity contribution in [3.8, 4) is 22.3 Å². The van der Waals surface area contributed by atoms with Crippen molar-refractivity contribution in [2.45, 2.75) is 124 Å². The molecule has 0 atom stereocenters. The third kappa shape index (κ3) is 7.74. The average Bonchev–Trinajstić information content (AvgIpc) is 1.56. The van der Waals surface area contributed by atoms with Gasteiger partial charge in [-0.1, -0.05) is 230 Å². The second-order valence-corrected chi connectivity index (χ2v) is 28.3. The van der Waals surface area contributed by atoms with E-state index in [0.29, 0.717) is 0 Å². The van der Waals surface area contributed by atoms with Crippen LogP contribution in [0.15, 0.2) is 188 Å². The first-order valence-electron chi connectivity index (χ1n) is 29.2. The largest absolute Gasteiger partial charge is 0.311 e. The summed E-state index contributed by atoms with van der Waals surface area (Å²) in [5.41, 5.74) is 23.9. The van der Waals surface area contributed by atoms with E-state index in [1.54, 1.807) is 0 Å². The number of fused-ring (bicyclic) bond motifs is 13. The number of hydrogen-bond donors (Lipinski definition) is 0. The molecule has 2 nitrogen and oxygen atoms in total. The van der Waals surface area contributed by atoms with Gasteiger partial charge in [-0.05, 0) is 191 Å². The maximum Gasteiger partial charge on any atom is 0.252 e. The summed E-state index contributed by atoms with van der Waals surface area (Å²) in [6.45, 7) is 33.1. The van der Waals surface area contributed by atoms with Crippen LogP contribution < -0.4 is 26.2 Å². The van der Waals surface area contributed by atoms with Crippen molar-refractivity contribution >= 4 is 100 Å². The molecule has 2 heterocycles. The van der Waals surface area contributed by atoms with Crippen molar-refractivity contribution in [3.63, 3.8) is 0 Å². The number of anilines is 6. The molecule has 0 radical (unpaired) electrons. The molecule has 0 N–H and O–H groups in total. The van der Waals surface area contributed by atoms with E-state index in [-0.39, 0.29) is 33.8 Å². The molecule has 11 aromatic carbocycles. The summed E-state index contributed by atoms with van der Waals surface area (Å²) in [5.74, 6) is 0. The van der Waals surface area contributed by atoms with Gasteiger partial charge in [0.1, 0.15) is 0 Å². The van der Waals surface area contributed by atoms with Gasteiger partial charge in [-0.15, -0.1) is 0 Å². The zero-order valence-corrected chi connectivity index (χ0v) is 49.4. The van der Waals surface area contributed by atoms with Crippen LogP contribution in [0.5, 0.6) is 0 Å².